The lowest BCUT2D eigenvalue weighted by Crippen LogP contribution is -2.13. The number of ether oxygens (including phenoxy) is 1. The van der Waals surface area contributed by atoms with Gasteiger partial charge in [-0.25, -0.2) is 9.37 Å². The summed E-state index contributed by atoms with van der Waals surface area (Å²) >= 11 is 9.32. The van der Waals surface area contributed by atoms with E-state index in [1.165, 1.54) is 6.07 Å². The molecule has 20 heavy (non-hydrogen) atoms. The molecular formula is C14H13BrClFN2O. The van der Waals surface area contributed by atoms with Crippen LogP contribution in [0.2, 0.25) is 5.02 Å². The third-order valence-corrected chi connectivity index (χ3v) is 3.38. The Hall–Kier alpha value is -1.17. The lowest BCUT2D eigenvalue weighted by atomic mass is 10.3. The van der Waals surface area contributed by atoms with Crippen LogP contribution in [0.25, 0.3) is 0 Å². The fraction of sp³-hybridized carbons (Fsp3) is 0.214. The van der Waals surface area contributed by atoms with Crippen LogP contribution >= 0.6 is 27.5 Å². The predicted octanol–water partition coefficient (Wildman–Crippen LogP) is 4.54. The molecule has 0 amide bonds. The summed E-state index contributed by atoms with van der Waals surface area (Å²) < 4.78 is 19.8. The maximum Gasteiger partial charge on any atom is 0.219 e. The second kappa shape index (κ2) is 7.02. The second-order valence-corrected chi connectivity index (χ2v) is 5.36. The summed E-state index contributed by atoms with van der Waals surface area (Å²) in [5.41, 5.74) is 0.668. The first-order chi connectivity index (χ1) is 9.60. The Morgan fingerprint density at radius 3 is 2.90 bits per heavy atom. The quantitative estimate of drug-likeness (QED) is 0.851. The fourth-order valence-corrected chi connectivity index (χ4v) is 2.07. The van der Waals surface area contributed by atoms with Crippen LogP contribution in [0, 0.1) is 5.82 Å². The summed E-state index contributed by atoms with van der Waals surface area (Å²) in [4.78, 5) is 4.28. The smallest absolute Gasteiger partial charge is 0.219 e. The number of pyridine rings is 1. The molecule has 2 aromatic rings. The molecule has 0 aliphatic carbocycles. The molecule has 1 aromatic carbocycles. The molecule has 1 heterocycles. The van der Waals surface area contributed by atoms with Crippen LogP contribution in [-0.4, -0.2) is 11.5 Å². The van der Waals surface area contributed by atoms with Gasteiger partial charge in [0.15, 0.2) is 11.6 Å². The first kappa shape index (κ1) is 15.2. The van der Waals surface area contributed by atoms with Crippen molar-refractivity contribution < 1.29 is 9.13 Å². The van der Waals surface area contributed by atoms with Crippen LogP contribution in [0.3, 0.4) is 0 Å². The highest BCUT2D eigenvalue weighted by atomic mass is 79.9. The molecule has 0 aliphatic heterocycles. The van der Waals surface area contributed by atoms with Crippen LogP contribution in [0.5, 0.6) is 11.6 Å². The van der Waals surface area contributed by atoms with Crippen molar-refractivity contribution in [1.29, 1.82) is 0 Å². The molecule has 0 bridgehead atoms. The van der Waals surface area contributed by atoms with E-state index >= 15 is 0 Å². The molecular weight excluding hydrogens is 347 g/mol. The van der Waals surface area contributed by atoms with Crippen molar-refractivity contribution in [3.05, 3.63) is 51.3 Å². The molecule has 0 saturated heterocycles. The van der Waals surface area contributed by atoms with Gasteiger partial charge in [-0.15, -0.1) is 0 Å². The minimum absolute atomic E-state index is 0.114. The average Bonchev–Trinajstić information content (AvgIpc) is 2.43. The molecule has 1 N–H and O–H groups in total. The lowest BCUT2D eigenvalue weighted by Gasteiger charge is -2.09. The Bertz CT molecular complexity index is 610. The van der Waals surface area contributed by atoms with Crippen molar-refractivity contribution >= 4 is 27.5 Å². The second-order valence-electron chi connectivity index (χ2n) is 4.04. The van der Waals surface area contributed by atoms with E-state index in [0.29, 0.717) is 23.1 Å². The molecule has 0 aliphatic rings. The van der Waals surface area contributed by atoms with E-state index in [0.717, 1.165) is 11.0 Å². The molecule has 2 rings (SSSR count). The highest BCUT2D eigenvalue weighted by Crippen LogP contribution is 2.27. The van der Waals surface area contributed by atoms with Gasteiger partial charge in [0, 0.05) is 17.1 Å². The van der Waals surface area contributed by atoms with E-state index in [-0.39, 0.29) is 5.75 Å². The fourth-order valence-electron chi connectivity index (χ4n) is 1.56. The molecule has 1 aromatic heterocycles. The SMILES string of the molecule is CCNCc1nc(Oc2cc(Br)ccc2F)ccc1Cl. The van der Waals surface area contributed by atoms with Gasteiger partial charge in [-0.1, -0.05) is 34.5 Å². The van der Waals surface area contributed by atoms with Crippen molar-refractivity contribution in [2.45, 2.75) is 13.5 Å². The van der Waals surface area contributed by atoms with Gasteiger partial charge >= 0.3 is 0 Å². The molecule has 0 saturated carbocycles. The van der Waals surface area contributed by atoms with Gasteiger partial charge in [-0.3, -0.25) is 0 Å². The Morgan fingerprint density at radius 1 is 1.35 bits per heavy atom. The molecule has 106 valence electrons. The summed E-state index contributed by atoms with van der Waals surface area (Å²) in [6.07, 6.45) is 0. The Morgan fingerprint density at radius 2 is 2.15 bits per heavy atom. The lowest BCUT2D eigenvalue weighted by molar-refractivity contribution is 0.425. The predicted molar refractivity (Wildman–Crippen MR) is 80.8 cm³/mol. The van der Waals surface area contributed by atoms with Gasteiger partial charge in [0.25, 0.3) is 0 Å². The Labute approximate surface area is 130 Å². The van der Waals surface area contributed by atoms with Crippen LogP contribution in [0.1, 0.15) is 12.6 Å². The van der Waals surface area contributed by atoms with Crippen LogP contribution in [-0.2, 0) is 6.54 Å². The summed E-state index contributed by atoms with van der Waals surface area (Å²) in [7, 11) is 0. The van der Waals surface area contributed by atoms with E-state index in [9.17, 15) is 4.39 Å². The van der Waals surface area contributed by atoms with Gasteiger partial charge in [-0.2, -0.15) is 0 Å². The summed E-state index contributed by atoms with van der Waals surface area (Å²) in [5, 5.41) is 3.68. The maximum atomic E-state index is 13.6. The number of nitrogens with zero attached hydrogens (tertiary/aromatic N) is 1. The summed E-state index contributed by atoms with van der Waals surface area (Å²) in [6.45, 7) is 3.34. The number of rotatable bonds is 5. The number of halogens is 3. The van der Waals surface area contributed by atoms with E-state index in [4.69, 9.17) is 16.3 Å². The van der Waals surface area contributed by atoms with Crippen molar-refractivity contribution in [2.75, 3.05) is 6.54 Å². The van der Waals surface area contributed by atoms with E-state index < -0.39 is 5.82 Å². The maximum absolute atomic E-state index is 13.6. The zero-order valence-electron chi connectivity index (χ0n) is 10.8. The van der Waals surface area contributed by atoms with Crippen molar-refractivity contribution in [3.63, 3.8) is 0 Å². The zero-order chi connectivity index (χ0) is 14.5. The number of nitrogens with one attached hydrogen (secondary N) is 1. The number of hydrogen-bond donors (Lipinski definition) is 1. The molecule has 0 fully saturated rings. The molecule has 0 unspecified atom stereocenters. The molecule has 0 atom stereocenters. The highest BCUT2D eigenvalue weighted by Gasteiger charge is 2.09. The Balaban J connectivity index is 2.22. The number of hydrogen-bond acceptors (Lipinski definition) is 3. The zero-order valence-corrected chi connectivity index (χ0v) is 13.1. The van der Waals surface area contributed by atoms with Gasteiger partial charge < -0.3 is 10.1 Å². The normalized spacial score (nSPS) is 10.6. The average molecular weight is 360 g/mol. The first-order valence-corrected chi connectivity index (χ1v) is 7.26. The van der Waals surface area contributed by atoms with Gasteiger partial charge in [0.1, 0.15) is 0 Å². The molecule has 0 spiro atoms. The van der Waals surface area contributed by atoms with Crippen molar-refractivity contribution in [2.24, 2.45) is 0 Å². The van der Waals surface area contributed by atoms with Gasteiger partial charge in [-0.05, 0) is 30.8 Å². The summed E-state index contributed by atoms with van der Waals surface area (Å²) in [6, 6.07) is 7.78. The van der Waals surface area contributed by atoms with E-state index in [1.54, 1.807) is 24.3 Å². The monoisotopic (exact) mass is 358 g/mol. The van der Waals surface area contributed by atoms with Crippen molar-refractivity contribution in [3.8, 4) is 11.6 Å². The van der Waals surface area contributed by atoms with E-state index in [1.807, 2.05) is 6.92 Å². The van der Waals surface area contributed by atoms with Crippen molar-refractivity contribution in [1.82, 2.24) is 10.3 Å². The minimum Gasteiger partial charge on any atom is -0.436 e. The summed E-state index contributed by atoms with van der Waals surface area (Å²) in [5.74, 6) is -0.0268. The van der Waals surface area contributed by atoms with Crippen LogP contribution < -0.4 is 10.1 Å². The van der Waals surface area contributed by atoms with Crippen LogP contribution in [0.4, 0.5) is 4.39 Å². The van der Waals surface area contributed by atoms with Gasteiger partial charge in [0.2, 0.25) is 5.88 Å². The molecule has 3 nitrogen and oxygen atoms in total. The third-order valence-electron chi connectivity index (χ3n) is 2.54. The highest BCUT2D eigenvalue weighted by molar-refractivity contribution is 9.10. The number of benzene rings is 1. The number of aromatic nitrogens is 1. The third kappa shape index (κ3) is 3.91. The molecule has 6 heteroatoms. The van der Waals surface area contributed by atoms with Gasteiger partial charge in [0.05, 0.1) is 10.7 Å². The van der Waals surface area contributed by atoms with Crippen LogP contribution in [0.15, 0.2) is 34.8 Å². The Kier molecular flexibility index (Phi) is 5.34. The van der Waals surface area contributed by atoms with E-state index in [2.05, 4.69) is 26.2 Å². The standard InChI is InChI=1S/C14H13BrClFN2O/c1-2-18-8-12-10(16)4-6-14(19-12)20-13-7-9(15)3-5-11(13)17/h3-7,18H,2,8H2,1H3. The first-order valence-electron chi connectivity index (χ1n) is 6.09. The largest absolute Gasteiger partial charge is 0.436 e. The topological polar surface area (TPSA) is 34.2 Å². The minimum atomic E-state index is -0.446. The molecule has 0 radical (unpaired) electrons.